The molecular formula is C15H14F2N2OS. The van der Waals surface area contributed by atoms with Crippen LogP contribution in [0.1, 0.15) is 5.56 Å². The van der Waals surface area contributed by atoms with E-state index < -0.39 is 11.6 Å². The Hall–Kier alpha value is -2.21. The quantitative estimate of drug-likeness (QED) is 0.848. The lowest BCUT2D eigenvalue weighted by Gasteiger charge is -2.11. The largest absolute Gasteiger partial charge is 0.497 e. The van der Waals surface area contributed by atoms with Crippen molar-refractivity contribution in [2.24, 2.45) is 0 Å². The van der Waals surface area contributed by atoms with Crippen LogP contribution < -0.4 is 15.4 Å². The van der Waals surface area contributed by atoms with E-state index in [2.05, 4.69) is 10.6 Å². The van der Waals surface area contributed by atoms with Crippen molar-refractivity contribution in [3.63, 3.8) is 0 Å². The Labute approximate surface area is 126 Å². The van der Waals surface area contributed by atoms with E-state index in [9.17, 15) is 8.78 Å². The Morgan fingerprint density at radius 3 is 2.76 bits per heavy atom. The van der Waals surface area contributed by atoms with Gasteiger partial charge in [0.15, 0.2) is 5.11 Å². The highest BCUT2D eigenvalue weighted by molar-refractivity contribution is 7.80. The number of rotatable bonds is 4. The Balaban J connectivity index is 1.94. The zero-order valence-electron chi connectivity index (χ0n) is 11.3. The van der Waals surface area contributed by atoms with Crippen LogP contribution in [-0.2, 0) is 6.54 Å². The lowest BCUT2D eigenvalue weighted by atomic mass is 10.2. The molecule has 0 fully saturated rings. The smallest absolute Gasteiger partial charge is 0.171 e. The van der Waals surface area contributed by atoms with Crippen LogP contribution >= 0.6 is 12.2 Å². The minimum atomic E-state index is -0.568. The Kier molecular flexibility index (Phi) is 5.05. The molecule has 2 aromatic carbocycles. The average Bonchev–Trinajstić information content (AvgIpc) is 2.49. The summed E-state index contributed by atoms with van der Waals surface area (Å²) in [6.45, 7) is 0.444. The first-order valence-electron chi connectivity index (χ1n) is 6.21. The van der Waals surface area contributed by atoms with Crippen molar-refractivity contribution in [2.45, 2.75) is 6.54 Å². The minimum absolute atomic E-state index is 0.00172. The standard InChI is InChI=1S/C15H14F2N2OS/c1-20-12-4-2-3-10(7-12)9-18-15(21)19-14-8-11(16)5-6-13(14)17/h2-8H,9H2,1H3,(H2,18,19,21). The van der Waals surface area contributed by atoms with E-state index in [1.165, 1.54) is 0 Å². The number of thiocarbonyl (C=S) groups is 1. The maximum Gasteiger partial charge on any atom is 0.171 e. The van der Waals surface area contributed by atoms with Gasteiger partial charge in [-0.05, 0) is 42.0 Å². The molecule has 0 spiro atoms. The number of ether oxygens (including phenoxy) is 1. The normalized spacial score (nSPS) is 10.0. The van der Waals surface area contributed by atoms with Crippen LogP contribution in [0, 0.1) is 11.6 Å². The molecule has 0 aliphatic rings. The first-order chi connectivity index (χ1) is 10.1. The molecule has 3 nitrogen and oxygen atoms in total. The van der Waals surface area contributed by atoms with Gasteiger partial charge in [0, 0.05) is 12.6 Å². The summed E-state index contributed by atoms with van der Waals surface area (Å²) in [5.74, 6) is -0.360. The van der Waals surface area contributed by atoms with Crippen molar-refractivity contribution in [1.29, 1.82) is 0 Å². The summed E-state index contributed by atoms with van der Waals surface area (Å²) in [7, 11) is 1.59. The molecule has 0 amide bonds. The number of methoxy groups -OCH3 is 1. The first kappa shape index (κ1) is 15.2. The molecule has 0 radical (unpaired) electrons. The zero-order chi connectivity index (χ0) is 15.2. The maximum absolute atomic E-state index is 13.5. The third kappa shape index (κ3) is 4.39. The van der Waals surface area contributed by atoms with Gasteiger partial charge in [0.1, 0.15) is 17.4 Å². The molecule has 0 unspecified atom stereocenters. The predicted octanol–water partition coefficient (Wildman–Crippen LogP) is 3.46. The highest BCUT2D eigenvalue weighted by Gasteiger charge is 2.05. The molecular weight excluding hydrogens is 294 g/mol. The number of hydrogen-bond acceptors (Lipinski definition) is 2. The molecule has 0 aliphatic heterocycles. The predicted molar refractivity (Wildman–Crippen MR) is 82.4 cm³/mol. The van der Waals surface area contributed by atoms with Gasteiger partial charge in [0.25, 0.3) is 0 Å². The first-order valence-corrected chi connectivity index (χ1v) is 6.62. The molecule has 0 heterocycles. The van der Waals surface area contributed by atoms with Crippen molar-refractivity contribution < 1.29 is 13.5 Å². The third-order valence-electron chi connectivity index (χ3n) is 2.76. The van der Waals surface area contributed by atoms with Crippen LogP contribution in [0.25, 0.3) is 0 Å². The summed E-state index contributed by atoms with van der Waals surface area (Å²) in [5.41, 5.74) is 0.955. The van der Waals surface area contributed by atoms with E-state index >= 15 is 0 Å². The average molecular weight is 308 g/mol. The van der Waals surface area contributed by atoms with Gasteiger partial charge in [-0.25, -0.2) is 8.78 Å². The van der Waals surface area contributed by atoms with E-state index in [1.807, 2.05) is 24.3 Å². The van der Waals surface area contributed by atoms with Crippen LogP contribution in [0.5, 0.6) is 5.75 Å². The summed E-state index contributed by atoms with van der Waals surface area (Å²) in [4.78, 5) is 0. The van der Waals surface area contributed by atoms with E-state index in [-0.39, 0.29) is 10.8 Å². The lowest BCUT2D eigenvalue weighted by Crippen LogP contribution is -2.28. The summed E-state index contributed by atoms with van der Waals surface area (Å²) in [6.07, 6.45) is 0. The van der Waals surface area contributed by atoms with E-state index in [0.717, 1.165) is 29.5 Å². The highest BCUT2D eigenvalue weighted by atomic mass is 32.1. The molecule has 0 atom stereocenters. The highest BCUT2D eigenvalue weighted by Crippen LogP contribution is 2.15. The van der Waals surface area contributed by atoms with Crippen molar-refractivity contribution in [3.8, 4) is 5.75 Å². The molecule has 0 aromatic heterocycles. The van der Waals surface area contributed by atoms with Gasteiger partial charge in [-0.15, -0.1) is 0 Å². The Morgan fingerprint density at radius 2 is 2.00 bits per heavy atom. The van der Waals surface area contributed by atoms with E-state index in [4.69, 9.17) is 17.0 Å². The number of anilines is 1. The van der Waals surface area contributed by atoms with Crippen molar-refractivity contribution in [1.82, 2.24) is 5.32 Å². The van der Waals surface area contributed by atoms with E-state index in [0.29, 0.717) is 6.54 Å². The molecule has 6 heteroatoms. The van der Waals surface area contributed by atoms with Crippen LogP contribution in [0.4, 0.5) is 14.5 Å². The Bertz CT molecular complexity index is 649. The van der Waals surface area contributed by atoms with Gasteiger partial charge >= 0.3 is 0 Å². The fraction of sp³-hybridized carbons (Fsp3) is 0.133. The summed E-state index contributed by atoms with van der Waals surface area (Å²) in [6, 6.07) is 10.6. The molecule has 2 aromatic rings. The van der Waals surface area contributed by atoms with Crippen LogP contribution in [-0.4, -0.2) is 12.2 Å². The number of nitrogens with one attached hydrogen (secondary N) is 2. The van der Waals surface area contributed by atoms with Gasteiger partial charge in [0.2, 0.25) is 0 Å². The van der Waals surface area contributed by atoms with Gasteiger partial charge < -0.3 is 15.4 Å². The lowest BCUT2D eigenvalue weighted by molar-refractivity contribution is 0.414. The maximum atomic E-state index is 13.5. The molecule has 0 bridgehead atoms. The molecule has 2 rings (SSSR count). The molecule has 0 saturated carbocycles. The van der Waals surface area contributed by atoms with Crippen LogP contribution in [0.3, 0.4) is 0 Å². The minimum Gasteiger partial charge on any atom is -0.497 e. The number of halogens is 2. The second-order valence-corrected chi connectivity index (χ2v) is 4.69. The van der Waals surface area contributed by atoms with Crippen LogP contribution in [0.15, 0.2) is 42.5 Å². The number of hydrogen-bond donors (Lipinski definition) is 2. The van der Waals surface area contributed by atoms with Crippen molar-refractivity contribution >= 4 is 23.0 Å². The second kappa shape index (κ2) is 6.99. The van der Waals surface area contributed by atoms with Gasteiger partial charge in [0.05, 0.1) is 12.8 Å². The summed E-state index contributed by atoms with van der Waals surface area (Å²) < 4.78 is 31.6. The third-order valence-corrected chi connectivity index (χ3v) is 3.01. The monoisotopic (exact) mass is 308 g/mol. The van der Waals surface area contributed by atoms with E-state index in [1.54, 1.807) is 7.11 Å². The Morgan fingerprint density at radius 1 is 1.19 bits per heavy atom. The SMILES string of the molecule is COc1cccc(CNC(=S)Nc2cc(F)ccc2F)c1. The van der Waals surface area contributed by atoms with Gasteiger partial charge in [-0.3, -0.25) is 0 Å². The topological polar surface area (TPSA) is 33.3 Å². The van der Waals surface area contributed by atoms with Gasteiger partial charge in [-0.2, -0.15) is 0 Å². The van der Waals surface area contributed by atoms with Crippen LogP contribution in [0.2, 0.25) is 0 Å². The molecule has 0 saturated heterocycles. The van der Waals surface area contributed by atoms with Crippen molar-refractivity contribution in [3.05, 3.63) is 59.7 Å². The molecule has 110 valence electrons. The molecule has 2 N–H and O–H groups in total. The zero-order valence-corrected chi connectivity index (χ0v) is 12.1. The fourth-order valence-electron chi connectivity index (χ4n) is 1.72. The number of benzene rings is 2. The summed E-state index contributed by atoms with van der Waals surface area (Å²) >= 11 is 5.06. The van der Waals surface area contributed by atoms with Crippen molar-refractivity contribution in [2.75, 3.05) is 12.4 Å². The second-order valence-electron chi connectivity index (χ2n) is 4.28. The fourth-order valence-corrected chi connectivity index (χ4v) is 1.91. The summed E-state index contributed by atoms with van der Waals surface area (Å²) in [5, 5.41) is 5.76. The molecule has 0 aliphatic carbocycles. The molecule has 21 heavy (non-hydrogen) atoms. The van der Waals surface area contributed by atoms with Gasteiger partial charge in [-0.1, -0.05) is 12.1 Å².